The first kappa shape index (κ1) is 22.2. The molecule has 0 spiro atoms. The number of aromatic amines is 1. The quantitative estimate of drug-likeness (QED) is 0.523. The highest BCUT2D eigenvalue weighted by Gasteiger charge is 2.25. The number of fused-ring (bicyclic) bond motifs is 1. The first-order valence-electron chi connectivity index (χ1n) is 8.98. The maximum absolute atomic E-state index is 11.8. The summed E-state index contributed by atoms with van der Waals surface area (Å²) >= 11 is 0. The van der Waals surface area contributed by atoms with Gasteiger partial charge in [-0.15, -0.1) is 0 Å². The van der Waals surface area contributed by atoms with Crippen LogP contribution in [0, 0.1) is 0 Å². The molecule has 156 valence electrons. The fourth-order valence-corrected chi connectivity index (χ4v) is 3.78. The summed E-state index contributed by atoms with van der Waals surface area (Å²) in [4.78, 5) is 26.4. The number of sulfonamides is 1. The molecule has 2 aromatic rings. The third kappa shape index (κ3) is 6.46. The van der Waals surface area contributed by atoms with E-state index in [4.69, 9.17) is 10.2 Å². The van der Waals surface area contributed by atoms with Gasteiger partial charge < -0.3 is 15.2 Å². The Bertz CT molecular complexity index is 967. The summed E-state index contributed by atoms with van der Waals surface area (Å²) in [6.07, 6.45) is 7.66. The number of carbonyl (C=O) groups is 2. The van der Waals surface area contributed by atoms with Gasteiger partial charge in [0.2, 0.25) is 10.0 Å². The van der Waals surface area contributed by atoms with E-state index in [0.717, 1.165) is 36.2 Å². The summed E-state index contributed by atoms with van der Waals surface area (Å²) in [5.41, 5.74) is 4.12. The van der Waals surface area contributed by atoms with E-state index in [0.29, 0.717) is 12.2 Å². The van der Waals surface area contributed by atoms with Crippen molar-refractivity contribution in [3.63, 3.8) is 0 Å². The SMILES string of the molecule is CCS(=O)(=O)Nc1cccc2c1CCCC2c1cnc[nH]1.O=C(O)/C=C\C(=O)O. The molecule has 1 atom stereocenters. The van der Waals surface area contributed by atoms with Crippen LogP contribution in [0.4, 0.5) is 5.69 Å². The zero-order valence-corrected chi connectivity index (χ0v) is 16.6. The lowest BCUT2D eigenvalue weighted by Gasteiger charge is -2.26. The number of nitrogens with zero attached hydrogens (tertiary/aromatic N) is 1. The van der Waals surface area contributed by atoms with Gasteiger partial charge in [0, 0.05) is 30.0 Å². The molecule has 10 heteroatoms. The molecular weight excluding hydrogens is 398 g/mol. The number of carboxylic acids is 2. The normalized spacial score (nSPS) is 15.8. The van der Waals surface area contributed by atoms with Gasteiger partial charge in [-0.2, -0.15) is 0 Å². The maximum atomic E-state index is 11.8. The van der Waals surface area contributed by atoms with Crippen LogP contribution in [-0.4, -0.2) is 46.3 Å². The predicted molar refractivity (Wildman–Crippen MR) is 107 cm³/mol. The molecule has 4 N–H and O–H groups in total. The molecule has 0 aliphatic heterocycles. The fraction of sp³-hybridized carbons (Fsp3) is 0.316. The summed E-state index contributed by atoms with van der Waals surface area (Å²) in [6.45, 7) is 1.64. The molecule has 29 heavy (non-hydrogen) atoms. The molecule has 1 aliphatic carbocycles. The highest BCUT2D eigenvalue weighted by Crippen LogP contribution is 2.38. The van der Waals surface area contributed by atoms with Gasteiger partial charge in [0.15, 0.2) is 0 Å². The van der Waals surface area contributed by atoms with Gasteiger partial charge in [-0.25, -0.2) is 23.0 Å². The molecule has 3 rings (SSSR count). The van der Waals surface area contributed by atoms with Crippen molar-refractivity contribution >= 4 is 27.6 Å². The Morgan fingerprint density at radius 2 is 1.97 bits per heavy atom. The van der Waals surface area contributed by atoms with Crippen LogP contribution in [0.2, 0.25) is 0 Å². The van der Waals surface area contributed by atoms with Gasteiger partial charge in [-0.05, 0) is 43.4 Å². The Morgan fingerprint density at radius 1 is 1.28 bits per heavy atom. The number of hydrogen-bond acceptors (Lipinski definition) is 5. The van der Waals surface area contributed by atoms with Crippen LogP contribution in [-0.2, 0) is 26.0 Å². The molecule has 1 aromatic heterocycles. The highest BCUT2D eigenvalue weighted by molar-refractivity contribution is 7.92. The second-order valence-corrected chi connectivity index (χ2v) is 8.35. The average Bonchev–Trinajstić information content (AvgIpc) is 3.21. The Hall–Kier alpha value is -3.14. The maximum Gasteiger partial charge on any atom is 0.328 e. The summed E-state index contributed by atoms with van der Waals surface area (Å²) < 4.78 is 26.4. The lowest BCUT2D eigenvalue weighted by molar-refractivity contribution is -0.134. The number of H-pyrrole nitrogens is 1. The molecule has 0 bridgehead atoms. The minimum Gasteiger partial charge on any atom is -0.478 e. The van der Waals surface area contributed by atoms with Crippen LogP contribution in [0.25, 0.3) is 0 Å². The first-order valence-corrected chi connectivity index (χ1v) is 10.6. The second kappa shape index (κ2) is 9.87. The third-order valence-corrected chi connectivity index (χ3v) is 5.71. The van der Waals surface area contributed by atoms with E-state index >= 15 is 0 Å². The van der Waals surface area contributed by atoms with Crippen LogP contribution >= 0.6 is 0 Å². The van der Waals surface area contributed by atoms with Crippen molar-refractivity contribution in [3.05, 3.63) is 59.7 Å². The zero-order valence-electron chi connectivity index (χ0n) is 15.8. The van der Waals surface area contributed by atoms with E-state index in [1.54, 1.807) is 13.3 Å². The van der Waals surface area contributed by atoms with Crippen molar-refractivity contribution in [3.8, 4) is 0 Å². The van der Waals surface area contributed by atoms with Gasteiger partial charge in [0.05, 0.1) is 17.8 Å². The van der Waals surface area contributed by atoms with Gasteiger partial charge >= 0.3 is 11.9 Å². The first-order chi connectivity index (χ1) is 13.7. The lowest BCUT2D eigenvalue weighted by Crippen LogP contribution is -2.19. The molecule has 0 saturated carbocycles. The number of imidazole rings is 1. The minimum atomic E-state index is -3.25. The topological polar surface area (TPSA) is 149 Å². The number of aliphatic carboxylic acids is 2. The smallest absolute Gasteiger partial charge is 0.328 e. The van der Waals surface area contributed by atoms with Crippen LogP contribution < -0.4 is 4.72 Å². The number of hydrogen-bond donors (Lipinski definition) is 4. The van der Waals surface area contributed by atoms with Gasteiger partial charge in [-0.1, -0.05) is 12.1 Å². The highest BCUT2D eigenvalue weighted by atomic mass is 32.2. The van der Waals surface area contributed by atoms with Crippen molar-refractivity contribution in [1.82, 2.24) is 9.97 Å². The second-order valence-electron chi connectivity index (χ2n) is 6.34. The van der Waals surface area contributed by atoms with E-state index in [2.05, 4.69) is 20.8 Å². The number of benzene rings is 1. The van der Waals surface area contributed by atoms with E-state index in [9.17, 15) is 18.0 Å². The Morgan fingerprint density at radius 3 is 2.52 bits per heavy atom. The van der Waals surface area contributed by atoms with Crippen LogP contribution in [0.5, 0.6) is 0 Å². The molecule has 1 aliphatic rings. The van der Waals surface area contributed by atoms with Crippen LogP contribution in [0.15, 0.2) is 42.9 Å². The third-order valence-electron chi connectivity index (χ3n) is 4.42. The number of nitrogens with one attached hydrogen (secondary N) is 2. The molecule has 1 aromatic carbocycles. The van der Waals surface area contributed by atoms with E-state index in [1.807, 2.05) is 18.3 Å². The van der Waals surface area contributed by atoms with Crippen molar-refractivity contribution in [2.45, 2.75) is 32.1 Å². The number of rotatable bonds is 6. The molecule has 9 nitrogen and oxygen atoms in total. The fourth-order valence-electron chi connectivity index (χ4n) is 3.11. The molecular formula is C19H23N3O6S. The molecule has 0 fully saturated rings. The van der Waals surface area contributed by atoms with E-state index in [-0.39, 0.29) is 11.7 Å². The number of carboxylic acid groups (broad SMARTS) is 2. The van der Waals surface area contributed by atoms with Gasteiger partial charge in [-0.3, -0.25) is 4.72 Å². The standard InChI is InChI=1S/C15H19N3O2S.C4H4O4/c1-2-21(19,20)18-14-8-4-5-11-12(14)6-3-7-13(11)15-9-16-10-17-15;5-3(6)1-2-4(7)8/h4-5,8-10,13,18H,2-3,6-7H2,1H3,(H,16,17);1-2H,(H,5,6)(H,7,8)/b;2-1-. The molecule has 1 unspecified atom stereocenters. The number of aromatic nitrogens is 2. The molecule has 1 heterocycles. The van der Waals surface area contributed by atoms with Crippen molar-refractivity contribution in [2.75, 3.05) is 10.5 Å². The lowest BCUT2D eigenvalue weighted by atomic mass is 9.80. The summed E-state index contributed by atoms with van der Waals surface area (Å²) in [6, 6.07) is 5.85. The Labute approximate surface area is 168 Å². The monoisotopic (exact) mass is 421 g/mol. The van der Waals surface area contributed by atoms with Crippen LogP contribution in [0.1, 0.15) is 42.5 Å². The molecule has 0 amide bonds. The summed E-state index contributed by atoms with van der Waals surface area (Å²) in [7, 11) is -3.25. The molecule has 0 saturated heterocycles. The van der Waals surface area contributed by atoms with Crippen molar-refractivity contribution < 1.29 is 28.2 Å². The largest absolute Gasteiger partial charge is 0.478 e. The van der Waals surface area contributed by atoms with Gasteiger partial charge in [0.1, 0.15) is 0 Å². The zero-order chi connectivity index (χ0) is 21.4. The van der Waals surface area contributed by atoms with Gasteiger partial charge in [0.25, 0.3) is 0 Å². The summed E-state index contributed by atoms with van der Waals surface area (Å²) in [5.74, 6) is -2.16. The van der Waals surface area contributed by atoms with Crippen molar-refractivity contribution in [1.29, 1.82) is 0 Å². The average molecular weight is 421 g/mol. The predicted octanol–water partition coefficient (Wildman–Crippen LogP) is 2.35. The number of anilines is 1. The van der Waals surface area contributed by atoms with Crippen LogP contribution in [0.3, 0.4) is 0 Å². The van der Waals surface area contributed by atoms with Crippen molar-refractivity contribution in [2.24, 2.45) is 0 Å². The Balaban J connectivity index is 0.000000321. The Kier molecular flexibility index (Phi) is 7.54. The van der Waals surface area contributed by atoms with E-state index in [1.165, 1.54) is 5.56 Å². The molecule has 0 radical (unpaired) electrons. The summed E-state index contributed by atoms with van der Waals surface area (Å²) in [5, 5.41) is 15.6. The van der Waals surface area contributed by atoms with E-state index < -0.39 is 22.0 Å². The minimum absolute atomic E-state index is 0.0840.